The van der Waals surface area contributed by atoms with Crippen LogP contribution in [-0.2, 0) is 23.9 Å². The standard InChI is InChI=1S/C15H21NO6/c1-7(17)9-10(18)15(13(20)21-6)8(2)22-12(14(3,4)5)16(15)11(9)19/h8,12,17H,1-6H3/b9-7-/t8-,12-,15-/m1/s1. The first-order chi connectivity index (χ1) is 10.0. The summed E-state index contributed by atoms with van der Waals surface area (Å²) in [7, 11) is 1.15. The molecule has 2 aliphatic heterocycles. The van der Waals surface area contributed by atoms with Crippen molar-refractivity contribution in [1.82, 2.24) is 4.90 Å². The monoisotopic (exact) mass is 311 g/mol. The second-order valence-electron chi connectivity index (χ2n) is 6.72. The Balaban J connectivity index is 2.74. The minimum absolute atomic E-state index is 0.380. The van der Waals surface area contributed by atoms with Crippen LogP contribution in [0, 0.1) is 5.41 Å². The lowest BCUT2D eigenvalue weighted by Crippen LogP contribution is -2.60. The Bertz CT molecular complexity index is 583. The van der Waals surface area contributed by atoms with Crippen molar-refractivity contribution >= 4 is 17.7 Å². The van der Waals surface area contributed by atoms with Gasteiger partial charge in [-0.2, -0.15) is 0 Å². The van der Waals surface area contributed by atoms with E-state index in [1.807, 2.05) is 20.8 Å². The number of ketones is 1. The van der Waals surface area contributed by atoms with Crippen LogP contribution in [0.4, 0.5) is 0 Å². The molecular formula is C15H21NO6. The third kappa shape index (κ3) is 1.81. The number of carbonyl (C=O) groups excluding carboxylic acids is 3. The Labute approximate surface area is 128 Å². The van der Waals surface area contributed by atoms with Gasteiger partial charge < -0.3 is 14.6 Å². The molecule has 22 heavy (non-hydrogen) atoms. The summed E-state index contributed by atoms with van der Waals surface area (Å²) in [4.78, 5) is 39.0. The molecule has 0 aliphatic carbocycles. The predicted molar refractivity (Wildman–Crippen MR) is 75.7 cm³/mol. The number of fused-ring (bicyclic) bond motifs is 1. The highest BCUT2D eigenvalue weighted by atomic mass is 16.6. The number of aliphatic hydroxyl groups is 1. The third-order valence-electron chi connectivity index (χ3n) is 4.14. The van der Waals surface area contributed by atoms with Gasteiger partial charge in [-0.1, -0.05) is 20.8 Å². The highest BCUT2D eigenvalue weighted by Gasteiger charge is 2.72. The van der Waals surface area contributed by atoms with Crippen molar-refractivity contribution < 1.29 is 29.0 Å². The van der Waals surface area contributed by atoms with Gasteiger partial charge >= 0.3 is 5.97 Å². The van der Waals surface area contributed by atoms with E-state index >= 15 is 0 Å². The van der Waals surface area contributed by atoms with E-state index in [0.29, 0.717) is 0 Å². The number of amides is 1. The quantitative estimate of drug-likeness (QED) is 0.255. The summed E-state index contributed by atoms with van der Waals surface area (Å²) in [6.45, 7) is 8.31. The first kappa shape index (κ1) is 16.5. The molecule has 1 amide bonds. The van der Waals surface area contributed by atoms with Crippen molar-refractivity contribution in [2.24, 2.45) is 5.41 Å². The first-order valence-corrected chi connectivity index (χ1v) is 7.03. The van der Waals surface area contributed by atoms with Gasteiger partial charge in [-0.05, 0) is 13.8 Å². The summed E-state index contributed by atoms with van der Waals surface area (Å²) in [5.41, 5.74) is -2.78. The normalized spacial score (nSPS) is 34.0. The van der Waals surface area contributed by atoms with E-state index in [2.05, 4.69) is 0 Å². The van der Waals surface area contributed by atoms with Crippen molar-refractivity contribution in [1.29, 1.82) is 0 Å². The number of rotatable bonds is 1. The molecule has 0 bridgehead atoms. The molecule has 0 spiro atoms. The molecule has 2 saturated heterocycles. The molecule has 0 saturated carbocycles. The summed E-state index contributed by atoms with van der Waals surface area (Å²) in [5, 5.41) is 9.71. The number of hydrogen-bond donors (Lipinski definition) is 1. The van der Waals surface area contributed by atoms with E-state index in [0.717, 1.165) is 12.0 Å². The number of aliphatic hydroxyl groups excluding tert-OH is 1. The first-order valence-electron chi connectivity index (χ1n) is 7.03. The van der Waals surface area contributed by atoms with E-state index in [-0.39, 0.29) is 5.57 Å². The molecule has 0 radical (unpaired) electrons. The molecule has 0 aromatic rings. The maximum absolute atomic E-state index is 12.8. The second-order valence-corrected chi connectivity index (χ2v) is 6.72. The molecule has 0 aromatic carbocycles. The number of methoxy groups -OCH3 is 1. The van der Waals surface area contributed by atoms with Gasteiger partial charge in [-0.3, -0.25) is 14.5 Å². The van der Waals surface area contributed by atoms with Crippen molar-refractivity contribution in [2.75, 3.05) is 7.11 Å². The van der Waals surface area contributed by atoms with Crippen molar-refractivity contribution in [2.45, 2.75) is 52.5 Å². The molecule has 7 heteroatoms. The van der Waals surface area contributed by atoms with E-state index < -0.39 is 46.7 Å². The number of nitrogens with zero attached hydrogens (tertiary/aromatic N) is 1. The van der Waals surface area contributed by atoms with Crippen LogP contribution in [0.25, 0.3) is 0 Å². The van der Waals surface area contributed by atoms with E-state index in [1.54, 1.807) is 6.92 Å². The number of esters is 1. The Morgan fingerprint density at radius 2 is 1.91 bits per heavy atom. The summed E-state index contributed by atoms with van der Waals surface area (Å²) in [5.74, 6) is -2.75. The van der Waals surface area contributed by atoms with E-state index in [1.165, 1.54) is 6.92 Å². The van der Waals surface area contributed by atoms with Gasteiger partial charge in [0, 0.05) is 5.41 Å². The second kappa shape index (κ2) is 4.81. The lowest BCUT2D eigenvalue weighted by molar-refractivity contribution is -0.160. The van der Waals surface area contributed by atoms with Crippen molar-refractivity contribution in [3.63, 3.8) is 0 Å². The molecule has 0 unspecified atom stereocenters. The molecule has 0 aromatic heterocycles. The molecule has 7 nitrogen and oxygen atoms in total. The Kier molecular flexibility index (Phi) is 3.60. The fourth-order valence-corrected chi connectivity index (χ4v) is 3.13. The lowest BCUT2D eigenvalue weighted by atomic mass is 9.87. The fourth-order valence-electron chi connectivity index (χ4n) is 3.13. The number of ether oxygens (including phenoxy) is 2. The average molecular weight is 311 g/mol. The smallest absolute Gasteiger partial charge is 0.342 e. The zero-order chi connectivity index (χ0) is 17.0. The van der Waals surface area contributed by atoms with Crippen molar-refractivity contribution in [3.8, 4) is 0 Å². The molecule has 3 atom stereocenters. The molecule has 2 aliphatic rings. The largest absolute Gasteiger partial charge is 0.512 e. The molecule has 2 heterocycles. The number of allylic oxidation sites excluding steroid dienone is 1. The highest BCUT2D eigenvalue weighted by Crippen LogP contribution is 2.48. The van der Waals surface area contributed by atoms with Crippen LogP contribution in [0.1, 0.15) is 34.6 Å². The van der Waals surface area contributed by atoms with Gasteiger partial charge in [0.1, 0.15) is 17.6 Å². The van der Waals surface area contributed by atoms with Crippen LogP contribution < -0.4 is 0 Å². The zero-order valence-electron chi connectivity index (χ0n) is 13.6. The molecule has 2 fully saturated rings. The molecule has 122 valence electrons. The molecule has 1 N–H and O–H groups in total. The van der Waals surface area contributed by atoms with Gasteiger partial charge in [0.05, 0.1) is 13.2 Å². The number of Topliss-reactive ketones (excluding diaryl/α,β-unsaturated/α-hetero) is 1. The van der Waals surface area contributed by atoms with E-state index in [9.17, 15) is 19.5 Å². The third-order valence-corrected chi connectivity index (χ3v) is 4.14. The zero-order valence-corrected chi connectivity index (χ0v) is 13.6. The highest BCUT2D eigenvalue weighted by molar-refractivity contribution is 6.35. The Morgan fingerprint density at radius 1 is 1.36 bits per heavy atom. The van der Waals surface area contributed by atoms with Crippen LogP contribution >= 0.6 is 0 Å². The van der Waals surface area contributed by atoms with Crippen LogP contribution in [0.15, 0.2) is 11.3 Å². The van der Waals surface area contributed by atoms with Gasteiger partial charge in [0.25, 0.3) is 5.91 Å². The maximum atomic E-state index is 12.8. The van der Waals surface area contributed by atoms with Crippen LogP contribution in [0.5, 0.6) is 0 Å². The van der Waals surface area contributed by atoms with Crippen LogP contribution in [0.3, 0.4) is 0 Å². The predicted octanol–water partition coefficient (Wildman–Crippen LogP) is 0.932. The van der Waals surface area contributed by atoms with Crippen molar-refractivity contribution in [3.05, 3.63) is 11.3 Å². The van der Waals surface area contributed by atoms with Crippen LogP contribution in [0.2, 0.25) is 0 Å². The number of carbonyl (C=O) groups is 3. The van der Waals surface area contributed by atoms with Crippen LogP contribution in [-0.4, -0.2) is 52.6 Å². The summed E-state index contributed by atoms with van der Waals surface area (Å²) < 4.78 is 10.5. The Morgan fingerprint density at radius 3 is 2.32 bits per heavy atom. The van der Waals surface area contributed by atoms with Gasteiger partial charge in [-0.25, -0.2) is 4.79 Å². The van der Waals surface area contributed by atoms with Gasteiger partial charge in [0.2, 0.25) is 11.3 Å². The summed E-state index contributed by atoms with van der Waals surface area (Å²) in [6.07, 6.45) is -1.66. The fraction of sp³-hybridized carbons (Fsp3) is 0.667. The number of hydrogen-bond acceptors (Lipinski definition) is 6. The summed E-state index contributed by atoms with van der Waals surface area (Å²) >= 11 is 0. The Hall–Kier alpha value is -1.89. The minimum atomic E-state index is -1.87. The summed E-state index contributed by atoms with van der Waals surface area (Å²) in [6, 6.07) is 0. The molecular weight excluding hydrogens is 290 g/mol. The van der Waals surface area contributed by atoms with E-state index in [4.69, 9.17) is 9.47 Å². The molecule has 2 rings (SSSR count). The minimum Gasteiger partial charge on any atom is -0.512 e. The topological polar surface area (TPSA) is 93.1 Å². The van der Waals surface area contributed by atoms with Gasteiger partial charge in [0.15, 0.2) is 0 Å². The lowest BCUT2D eigenvalue weighted by Gasteiger charge is -2.35. The average Bonchev–Trinajstić information content (AvgIpc) is 2.82. The maximum Gasteiger partial charge on any atom is 0.342 e. The SMILES string of the molecule is COC(=O)[C@@]12C(=O)/C(=C(\C)O)C(=O)N1[C@@H](C(C)(C)C)O[C@@H]2C. The van der Waals surface area contributed by atoms with Gasteiger partial charge in [-0.15, -0.1) is 0 Å².